The fourth-order valence-corrected chi connectivity index (χ4v) is 1.31. The third-order valence-corrected chi connectivity index (χ3v) is 2.83. The Bertz CT molecular complexity index is 460. The molecule has 0 bridgehead atoms. The van der Waals surface area contributed by atoms with Gasteiger partial charge in [0, 0.05) is 11.7 Å². The van der Waals surface area contributed by atoms with E-state index in [0.717, 1.165) is 5.56 Å². The lowest BCUT2D eigenvalue weighted by molar-refractivity contribution is -0.119. The van der Waals surface area contributed by atoms with Gasteiger partial charge in [-0.15, -0.1) is 0 Å². The highest BCUT2D eigenvalue weighted by Gasteiger charge is 2.17. The van der Waals surface area contributed by atoms with Crippen molar-refractivity contribution in [2.45, 2.75) is 26.8 Å². The summed E-state index contributed by atoms with van der Waals surface area (Å²) in [5.74, 6) is -0.390. The minimum absolute atomic E-state index is 0.127. The SMILES string of the molecule is Cc1ccc(C#N)cc1NC(=O)C(C)C(C)N. The molecule has 0 aromatic heterocycles. The molecule has 0 heterocycles. The number of aryl methyl sites for hydroxylation is 1. The van der Waals surface area contributed by atoms with Crippen molar-refractivity contribution in [3.05, 3.63) is 29.3 Å². The summed E-state index contributed by atoms with van der Waals surface area (Å²) in [6, 6.07) is 7.04. The van der Waals surface area contributed by atoms with E-state index in [1.807, 2.05) is 19.1 Å². The summed E-state index contributed by atoms with van der Waals surface area (Å²) in [4.78, 5) is 11.8. The highest BCUT2D eigenvalue weighted by molar-refractivity contribution is 5.93. The normalized spacial score (nSPS) is 13.6. The van der Waals surface area contributed by atoms with Crippen molar-refractivity contribution in [2.24, 2.45) is 11.7 Å². The van der Waals surface area contributed by atoms with Crippen LogP contribution in [-0.4, -0.2) is 11.9 Å². The first-order chi connectivity index (χ1) is 7.95. The molecule has 4 nitrogen and oxygen atoms in total. The van der Waals surface area contributed by atoms with E-state index < -0.39 is 0 Å². The van der Waals surface area contributed by atoms with Crippen molar-refractivity contribution < 1.29 is 4.79 Å². The summed E-state index contributed by atoms with van der Waals surface area (Å²) < 4.78 is 0. The van der Waals surface area contributed by atoms with Gasteiger partial charge < -0.3 is 11.1 Å². The molecule has 1 amide bonds. The molecule has 0 aliphatic heterocycles. The molecule has 0 saturated carbocycles. The number of amides is 1. The van der Waals surface area contributed by atoms with E-state index in [1.54, 1.807) is 26.0 Å². The van der Waals surface area contributed by atoms with Crippen LogP contribution in [0.1, 0.15) is 25.0 Å². The number of carbonyl (C=O) groups is 1. The van der Waals surface area contributed by atoms with Gasteiger partial charge in [-0.1, -0.05) is 13.0 Å². The van der Waals surface area contributed by atoms with Crippen LogP contribution in [0.25, 0.3) is 0 Å². The van der Waals surface area contributed by atoms with Crippen LogP contribution in [0.2, 0.25) is 0 Å². The van der Waals surface area contributed by atoms with Crippen molar-refractivity contribution >= 4 is 11.6 Å². The van der Waals surface area contributed by atoms with E-state index in [-0.39, 0.29) is 17.9 Å². The van der Waals surface area contributed by atoms with Crippen LogP contribution in [0.4, 0.5) is 5.69 Å². The monoisotopic (exact) mass is 231 g/mol. The largest absolute Gasteiger partial charge is 0.327 e. The third-order valence-electron chi connectivity index (χ3n) is 2.83. The molecule has 1 rings (SSSR count). The maximum absolute atomic E-state index is 11.8. The van der Waals surface area contributed by atoms with Crippen LogP contribution in [0.3, 0.4) is 0 Å². The average molecular weight is 231 g/mol. The maximum atomic E-state index is 11.8. The molecule has 17 heavy (non-hydrogen) atoms. The smallest absolute Gasteiger partial charge is 0.228 e. The second kappa shape index (κ2) is 5.46. The summed E-state index contributed by atoms with van der Waals surface area (Å²) >= 11 is 0. The van der Waals surface area contributed by atoms with Crippen molar-refractivity contribution in [3.8, 4) is 6.07 Å². The first kappa shape index (κ1) is 13.2. The number of hydrogen-bond acceptors (Lipinski definition) is 3. The Kier molecular flexibility index (Phi) is 4.24. The van der Waals surface area contributed by atoms with Crippen molar-refractivity contribution in [1.82, 2.24) is 0 Å². The Morgan fingerprint density at radius 3 is 2.65 bits per heavy atom. The molecule has 0 aliphatic rings. The van der Waals surface area contributed by atoms with Gasteiger partial charge in [0.05, 0.1) is 17.6 Å². The number of benzene rings is 1. The van der Waals surface area contributed by atoms with Crippen molar-refractivity contribution in [2.75, 3.05) is 5.32 Å². The minimum atomic E-state index is -0.264. The fraction of sp³-hybridized carbons (Fsp3) is 0.385. The minimum Gasteiger partial charge on any atom is -0.327 e. The van der Waals surface area contributed by atoms with Gasteiger partial charge >= 0.3 is 0 Å². The zero-order valence-corrected chi connectivity index (χ0v) is 10.3. The Labute approximate surface area is 101 Å². The average Bonchev–Trinajstić information content (AvgIpc) is 2.30. The van der Waals surface area contributed by atoms with Crippen LogP contribution in [0, 0.1) is 24.2 Å². The molecule has 1 aromatic rings. The van der Waals surface area contributed by atoms with Gasteiger partial charge in [0.25, 0.3) is 0 Å². The molecule has 0 fully saturated rings. The van der Waals surface area contributed by atoms with E-state index in [4.69, 9.17) is 11.0 Å². The summed E-state index contributed by atoms with van der Waals surface area (Å²) in [6.07, 6.45) is 0. The lowest BCUT2D eigenvalue weighted by Crippen LogP contribution is -2.34. The number of nitrogens with zero attached hydrogens (tertiary/aromatic N) is 1. The number of nitriles is 1. The lowest BCUT2D eigenvalue weighted by atomic mass is 10.0. The van der Waals surface area contributed by atoms with Gasteiger partial charge in [-0.2, -0.15) is 5.26 Å². The number of carbonyl (C=O) groups excluding carboxylic acids is 1. The molecule has 0 aliphatic carbocycles. The number of hydrogen-bond donors (Lipinski definition) is 2. The molecular weight excluding hydrogens is 214 g/mol. The van der Waals surface area contributed by atoms with Crippen LogP contribution in [0.5, 0.6) is 0 Å². The summed E-state index contributed by atoms with van der Waals surface area (Å²) in [7, 11) is 0. The zero-order valence-electron chi connectivity index (χ0n) is 10.3. The van der Waals surface area contributed by atoms with Gasteiger partial charge in [0.1, 0.15) is 0 Å². The molecule has 2 unspecified atom stereocenters. The molecule has 2 atom stereocenters. The van der Waals surface area contributed by atoms with Crippen LogP contribution in [-0.2, 0) is 4.79 Å². The third kappa shape index (κ3) is 3.30. The van der Waals surface area contributed by atoms with E-state index in [0.29, 0.717) is 11.3 Å². The highest BCUT2D eigenvalue weighted by Crippen LogP contribution is 2.17. The fourth-order valence-electron chi connectivity index (χ4n) is 1.31. The number of rotatable bonds is 3. The van der Waals surface area contributed by atoms with Crippen molar-refractivity contribution in [3.63, 3.8) is 0 Å². The molecule has 0 radical (unpaired) electrons. The van der Waals surface area contributed by atoms with Crippen LogP contribution >= 0.6 is 0 Å². The number of anilines is 1. The van der Waals surface area contributed by atoms with Gasteiger partial charge in [0.2, 0.25) is 5.91 Å². The van der Waals surface area contributed by atoms with Gasteiger partial charge in [-0.25, -0.2) is 0 Å². The second-order valence-corrected chi connectivity index (χ2v) is 4.28. The second-order valence-electron chi connectivity index (χ2n) is 4.28. The number of nitrogens with one attached hydrogen (secondary N) is 1. The predicted molar refractivity (Wildman–Crippen MR) is 67.3 cm³/mol. The topological polar surface area (TPSA) is 78.9 Å². The molecule has 0 saturated heterocycles. The van der Waals surface area contributed by atoms with Gasteiger partial charge in [0.15, 0.2) is 0 Å². The maximum Gasteiger partial charge on any atom is 0.228 e. The zero-order chi connectivity index (χ0) is 13.0. The first-order valence-electron chi connectivity index (χ1n) is 5.53. The number of nitrogens with two attached hydrogens (primary N) is 1. The summed E-state index contributed by atoms with van der Waals surface area (Å²) in [6.45, 7) is 5.46. The van der Waals surface area contributed by atoms with E-state index >= 15 is 0 Å². The van der Waals surface area contributed by atoms with E-state index in [1.165, 1.54) is 0 Å². The summed E-state index contributed by atoms with van der Waals surface area (Å²) in [5.41, 5.74) is 7.79. The molecule has 90 valence electrons. The Morgan fingerprint density at radius 2 is 2.12 bits per heavy atom. The summed E-state index contributed by atoms with van der Waals surface area (Å²) in [5, 5.41) is 11.6. The molecule has 3 N–H and O–H groups in total. The molecular formula is C13H17N3O. The predicted octanol–water partition coefficient (Wildman–Crippen LogP) is 1.79. The Morgan fingerprint density at radius 1 is 1.47 bits per heavy atom. The molecule has 4 heteroatoms. The lowest BCUT2D eigenvalue weighted by Gasteiger charge is -2.16. The van der Waals surface area contributed by atoms with Crippen molar-refractivity contribution in [1.29, 1.82) is 5.26 Å². The molecule has 1 aromatic carbocycles. The van der Waals surface area contributed by atoms with Crippen LogP contribution in [0.15, 0.2) is 18.2 Å². The van der Waals surface area contributed by atoms with E-state index in [2.05, 4.69) is 5.32 Å². The van der Waals surface area contributed by atoms with E-state index in [9.17, 15) is 4.79 Å². The Balaban J connectivity index is 2.88. The molecule has 0 spiro atoms. The standard InChI is InChI=1S/C13H17N3O/c1-8-4-5-11(7-14)6-12(8)16-13(17)9(2)10(3)15/h4-6,9-10H,15H2,1-3H3,(H,16,17). The highest BCUT2D eigenvalue weighted by atomic mass is 16.1. The Hall–Kier alpha value is -1.86. The van der Waals surface area contributed by atoms with Gasteiger partial charge in [-0.05, 0) is 31.5 Å². The quantitative estimate of drug-likeness (QED) is 0.832. The van der Waals surface area contributed by atoms with Gasteiger partial charge in [-0.3, -0.25) is 4.79 Å². The van der Waals surface area contributed by atoms with Crippen LogP contribution < -0.4 is 11.1 Å². The first-order valence-corrected chi connectivity index (χ1v) is 5.53.